The van der Waals surface area contributed by atoms with Crippen LogP contribution in [0, 0.1) is 0 Å². The number of fused-ring (bicyclic) bond motifs is 4. The molecular formula is C33H29BN3O2. The number of rotatable bonds is 6. The molecule has 5 nitrogen and oxygen atoms in total. The summed E-state index contributed by atoms with van der Waals surface area (Å²) in [6.07, 6.45) is 3.63. The summed E-state index contributed by atoms with van der Waals surface area (Å²) in [4.78, 5) is 14.1. The van der Waals surface area contributed by atoms with Crippen LogP contribution >= 0.6 is 0 Å². The van der Waals surface area contributed by atoms with E-state index in [2.05, 4.69) is 58.5 Å². The predicted molar refractivity (Wildman–Crippen MR) is 160 cm³/mol. The lowest BCUT2D eigenvalue weighted by Crippen LogP contribution is -2.49. The van der Waals surface area contributed by atoms with Crippen LogP contribution < -0.4 is 5.46 Å². The summed E-state index contributed by atoms with van der Waals surface area (Å²) in [5, 5.41) is 13.5. The molecule has 3 aromatic carbocycles. The Morgan fingerprint density at radius 2 is 1.44 bits per heavy atom. The highest BCUT2D eigenvalue weighted by Crippen LogP contribution is 2.34. The van der Waals surface area contributed by atoms with Gasteiger partial charge in [-0.2, -0.15) is 0 Å². The second-order valence-electron chi connectivity index (χ2n) is 10.9. The van der Waals surface area contributed by atoms with Crippen LogP contribution in [-0.2, 0) is 4.65 Å². The van der Waals surface area contributed by atoms with Crippen LogP contribution in [0.5, 0.6) is 0 Å². The highest BCUT2D eigenvalue weighted by atomic mass is 16.5. The molecule has 0 bridgehead atoms. The Bertz CT molecular complexity index is 1830. The van der Waals surface area contributed by atoms with Gasteiger partial charge >= 0.3 is 7.48 Å². The number of pyridine rings is 3. The molecule has 0 aliphatic heterocycles. The van der Waals surface area contributed by atoms with E-state index in [-0.39, 0.29) is 0 Å². The van der Waals surface area contributed by atoms with Crippen LogP contribution in [0.25, 0.3) is 55.1 Å². The van der Waals surface area contributed by atoms with Crippen LogP contribution in [0.15, 0.2) is 97.3 Å². The highest BCUT2D eigenvalue weighted by Gasteiger charge is 2.35. The summed E-state index contributed by atoms with van der Waals surface area (Å²) >= 11 is 0. The van der Waals surface area contributed by atoms with Crippen molar-refractivity contribution in [3.8, 4) is 22.4 Å². The van der Waals surface area contributed by atoms with E-state index in [4.69, 9.17) is 9.64 Å². The summed E-state index contributed by atoms with van der Waals surface area (Å²) in [5.41, 5.74) is 6.20. The van der Waals surface area contributed by atoms with E-state index in [1.54, 1.807) is 21.3 Å². The largest absolute Gasteiger partial charge is 0.427 e. The molecule has 3 heterocycles. The van der Waals surface area contributed by atoms with Crippen molar-refractivity contribution >= 4 is 45.7 Å². The minimum Gasteiger partial charge on any atom is -0.427 e. The molecule has 0 aliphatic rings. The molecule has 0 aliphatic carbocycles. The Labute approximate surface area is 228 Å². The lowest BCUT2D eigenvalue weighted by molar-refractivity contribution is -0.0893. The number of hydrogen-bond acceptors (Lipinski definition) is 5. The number of aromatic nitrogens is 3. The standard InChI is InChI=1S/C33H29BN3O2/c1-32(2,38)33(3,4)39-34-25-14-16-29-23(19-25)13-15-28(37-29)22-11-9-21(10-12-22)27-20-24-7-5-17-35-30(24)31-26(27)8-6-18-36-31/h5-20,38H,1-4H3. The van der Waals surface area contributed by atoms with Gasteiger partial charge in [-0.05, 0) is 74.5 Å². The number of benzene rings is 3. The van der Waals surface area contributed by atoms with Crippen molar-refractivity contribution in [2.45, 2.75) is 38.9 Å². The van der Waals surface area contributed by atoms with Gasteiger partial charge in [-0.15, -0.1) is 0 Å². The van der Waals surface area contributed by atoms with Crippen LogP contribution in [0.3, 0.4) is 0 Å². The van der Waals surface area contributed by atoms with Gasteiger partial charge in [-0.3, -0.25) is 9.97 Å². The van der Waals surface area contributed by atoms with E-state index in [9.17, 15) is 5.11 Å². The van der Waals surface area contributed by atoms with Crippen molar-refractivity contribution in [2.24, 2.45) is 0 Å². The topological polar surface area (TPSA) is 68.1 Å². The second-order valence-corrected chi connectivity index (χ2v) is 10.9. The molecule has 0 atom stereocenters. The Kier molecular flexibility index (Phi) is 6.17. The molecule has 6 heteroatoms. The van der Waals surface area contributed by atoms with E-state index in [0.717, 1.165) is 60.6 Å². The summed E-state index contributed by atoms with van der Waals surface area (Å²) in [6, 6.07) is 29.0. The monoisotopic (exact) mass is 510 g/mol. The van der Waals surface area contributed by atoms with Crippen molar-refractivity contribution in [2.75, 3.05) is 0 Å². The molecule has 0 saturated carbocycles. The highest BCUT2D eigenvalue weighted by molar-refractivity contribution is 6.47. The third-order valence-electron chi connectivity index (χ3n) is 7.63. The van der Waals surface area contributed by atoms with E-state index in [1.807, 2.05) is 62.6 Å². The zero-order valence-corrected chi connectivity index (χ0v) is 22.5. The van der Waals surface area contributed by atoms with E-state index >= 15 is 0 Å². The van der Waals surface area contributed by atoms with E-state index in [0.29, 0.717) is 0 Å². The lowest BCUT2D eigenvalue weighted by Gasteiger charge is -2.37. The molecule has 1 N–H and O–H groups in total. The van der Waals surface area contributed by atoms with Gasteiger partial charge in [-0.1, -0.05) is 60.1 Å². The van der Waals surface area contributed by atoms with Crippen LogP contribution in [0.1, 0.15) is 27.7 Å². The summed E-state index contributed by atoms with van der Waals surface area (Å²) in [6.45, 7) is 7.25. The summed E-state index contributed by atoms with van der Waals surface area (Å²) in [5.74, 6) is 0. The molecule has 0 fully saturated rings. The van der Waals surface area contributed by atoms with Gasteiger partial charge < -0.3 is 9.76 Å². The van der Waals surface area contributed by atoms with E-state index in [1.165, 1.54) is 0 Å². The normalized spacial score (nSPS) is 12.3. The number of hydrogen-bond donors (Lipinski definition) is 1. The fourth-order valence-corrected chi connectivity index (χ4v) is 4.57. The predicted octanol–water partition coefficient (Wildman–Crippen LogP) is 6.48. The van der Waals surface area contributed by atoms with Gasteiger partial charge in [0, 0.05) is 28.7 Å². The fourth-order valence-electron chi connectivity index (χ4n) is 4.57. The van der Waals surface area contributed by atoms with Crippen molar-refractivity contribution < 1.29 is 9.76 Å². The second kappa shape index (κ2) is 9.56. The summed E-state index contributed by atoms with van der Waals surface area (Å²) < 4.78 is 5.92. The van der Waals surface area contributed by atoms with Gasteiger partial charge in [0.25, 0.3) is 0 Å². The maximum atomic E-state index is 10.3. The molecule has 39 heavy (non-hydrogen) atoms. The minimum absolute atomic E-state index is 0.719. The molecule has 6 rings (SSSR count). The first-order valence-corrected chi connectivity index (χ1v) is 13.1. The van der Waals surface area contributed by atoms with Crippen molar-refractivity contribution in [1.82, 2.24) is 15.0 Å². The van der Waals surface area contributed by atoms with Gasteiger partial charge in [0.05, 0.1) is 33.4 Å². The summed E-state index contributed by atoms with van der Waals surface area (Å²) in [7, 11) is 1.70. The third-order valence-corrected chi connectivity index (χ3v) is 7.63. The lowest BCUT2D eigenvalue weighted by atomic mass is 9.82. The maximum absolute atomic E-state index is 10.3. The average Bonchev–Trinajstić information content (AvgIpc) is 2.95. The van der Waals surface area contributed by atoms with Crippen LogP contribution in [0.2, 0.25) is 0 Å². The van der Waals surface area contributed by atoms with Crippen LogP contribution in [0.4, 0.5) is 0 Å². The maximum Gasteiger partial charge on any atom is 0.330 e. The Balaban J connectivity index is 1.28. The fraction of sp³-hybridized carbons (Fsp3) is 0.182. The van der Waals surface area contributed by atoms with E-state index < -0.39 is 11.2 Å². The SMILES string of the molecule is CC(C)(O)C(C)(C)O[B]c1ccc2nc(-c3ccc(-c4cc5cccnc5c5ncccc45)cc3)ccc2c1. The quantitative estimate of drug-likeness (QED) is 0.205. The Morgan fingerprint density at radius 3 is 2.21 bits per heavy atom. The Hall–Kier alpha value is -4.13. The molecule has 1 radical (unpaired) electrons. The van der Waals surface area contributed by atoms with Gasteiger partial charge in [0.1, 0.15) is 0 Å². The zero-order chi connectivity index (χ0) is 27.2. The molecule has 0 unspecified atom stereocenters. The minimum atomic E-state index is -0.970. The van der Waals surface area contributed by atoms with Crippen molar-refractivity contribution in [1.29, 1.82) is 0 Å². The third kappa shape index (κ3) is 4.78. The van der Waals surface area contributed by atoms with Gasteiger partial charge in [0.15, 0.2) is 0 Å². The van der Waals surface area contributed by atoms with Crippen molar-refractivity contribution in [3.05, 3.63) is 97.3 Å². The number of aliphatic hydroxyl groups is 1. The molecule has 3 aromatic heterocycles. The zero-order valence-electron chi connectivity index (χ0n) is 22.5. The first kappa shape index (κ1) is 25.2. The molecule has 0 amide bonds. The molecule has 6 aromatic rings. The average molecular weight is 510 g/mol. The first-order chi connectivity index (χ1) is 18.7. The molecule has 0 saturated heterocycles. The first-order valence-electron chi connectivity index (χ1n) is 13.1. The molecule has 191 valence electrons. The van der Waals surface area contributed by atoms with Crippen molar-refractivity contribution in [3.63, 3.8) is 0 Å². The molecule has 0 spiro atoms. The van der Waals surface area contributed by atoms with Crippen LogP contribution in [-0.4, -0.2) is 38.7 Å². The van der Waals surface area contributed by atoms with Gasteiger partial charge in [0.2, 0.25) is 0 Å². The number of nitrogens with zero attached hydrogens (tertiary/aromatic N) is 3. The molecular weight excluding hydrogens is 481 g/mol. The Morgan fingerprint density at radius 1 is 0.718 bits per heavy atom. The smallest absolute Gasteiger partial charge is 0.330 e. The van der Waals surface area contributed by atoms with Gasteiger partial charge in [-0.25, -0.2) is 4.98 Å².